The summed E-state index contributed by atoms with van der Waals surface area (Å²) in [5.74, 6) is -1.45. The van der Waals surface area contributed by atoms with E-state index in [-0.39, 0.29) is 22.8 Å². The maximum atomic E-state index is 13.5. The van der Waals surface area contributed by atoms with E-state index in [9.17, 15) is 22.7 Å². The van der Waals surface area contributed by atoms with Crippen molar-refractivity contribution in [2.75, 3.05) is 10.8 Å². The van der Waals surface area contributed by atoms with Crippen LogP contribution < -0.4 is 4.31 Å². The van der Waals surface area contributed by atoms with Gasteiger partial charge in [-0.15, -0.1) is 0 Å². The number of hydrogen-bond acceptors (Lipinski definition) is 3. The van der Waals surface area contributed by atoms with Crippen LogP contribution in [0.2, 0.25) is 0 Å². The molecule has 0 heterocycles. The van der Waals surface area contributed by atoms with Crippen LogP contribution >= 0.6 is 0 Å². The van der Waals surface area contributed by atoms with Crippen LogP contribution in [0.1, 0.15) is 28.4 Å². The molecule has 0 amide bonds. The van der Waals surface area contributed by atoms with Crippen molar-refractivity contribution >= 4 is 21.7 Å². The zero-order valence-electron chi connectivity index (χ0n) is 16.9. The fourth-order valence-corrected chi connectivity index (χ4v) is 4.76. The Morgan fingerprint density at radius 1 is 0.933 bits per heavy atom. The Morgan fingerprint density at radius 2 is 1.57 bits per heavy atom. The Kier molecular flexibility index (Phi) is 5.94. The quantitative estimate of drug-likeness (QED) is 0.599. The van der Waals surface area contributed by atoms with E-state index in [1.807, 2.05) is 0 Å². The highest BCUT2D eigenvalue weighted by Crippen LogP contribution is 2.28. The molecule has 7 heteroatoms. The maximum Gasteiger partial charge on any atom is 0.335 e. The molecule has 0 aliphatic rings. The van der Waals surface area contributed by atoms with Gasteiger partial charge in [-0.2, -0.15) is 0 Å². The summed E-state index contributed by atoms with van der Waals surface area (Å²) < 4.78 is 41.1. The molecule has 3 aromatic carbocycles. The molecule has 0 unspecified atom stereocenters. The van der Waals surface area contributed by atoms with Crippen LogP contribution in [-0.2, 0) is 10.0 Å². The van der Waals surface area contributed by atoms with Crippen LogP contribution in [0, 0.1) is 19.7 Å². The van der Waals surface area contributed by atoms with E-state index < -0.39 is 16.0 Å². The van der Waals surface area contributed by atoms with Crippen molar-refractivity contribution < 1.29 is 22.7 Å². The third-order valence-electron chi connectivity index (χ3n) is 4.96. The van der Waals surface area contributed by atoms with Gasteiger partial charge in [0.15, 0.2) is 0 Å². The summed E-state index contributed by atoms with van der Waals surface area (Å²) in [4.78, 5) is 11.3. The first kappa shape index (κ1) is 21.5. The zero-order chi connectivity index (χ0) is 22.1. The molecule has 1 N–H and O–H groups in total. The van der Waals surface area contributed by atoms with Crippen molar-refractivity contribution in [2.45, 2.75) is 25.7 Å². The summed E-state index contributed by atoms with van der Waals surface area (Å²) >= 11 is 0. The molecule has 0 aliphatic carbocycles. The van der Waals surface area contributed by atoms with Crippen LogP contribution in [0.5, 0.6) is 0 Å². The van der Waals surface area contributed by atoms with E-state index >= 15 is 0 Å². The highest BCUT2D eigenvalue weighted by molar-refractivity contribution is 7.92. The number of benzene rings is 3. The van der Waals surface area contributed by atoms with E-state index in [2.05, 4.69) is 0 Å². The number of aryl methyl sites for hydroxylation is 2. The second-order valence-corrected chi connectivity index (χ2v) is 8.82. The average molecular weight is 427 g/mol. The molecule has 0 bridgehead atoms. The summed E-state index contributed by atoms with van der Waals surface area (Å²) in [5.41, 5.74) is 3.09. The molecule has 156 valence electrons. The van der Waals surface area contributed by atoms with Crippen LogP contribution in [0.4, 0.5) is 10.1 Å². The van der Waals surface area contributed by atoms with Crippen LogP contribution in [-0.4, -0.2) is 26.0 Å². The number of carbonyl (C=O) groups is 1. The topological polar surface area (TPSA) is 74.7 Å². The van der Waals surface area contributed by atoms with Gasteiger partial charge in [0, 0.05) is 6.54 Å². The van der Waals surface area contributed by atoms with Gasteiger partial charge in [0.25, 0.3) is 10.0 Å². The van der Waals surface area contributed by atoms with E-state index in [0.717, 1.165) is 11.1 Å². The number of sulfonamides is 1. The molecule has 3 aromatic rings. The Bertz CT molecular complexity index is 1200. The molecule has 0 aliphatic heterocycles. The molecule has 0 saturated heterocycles. The van der Waals surface area contributed by atoms with Gasteiger partial charge in [-0.05, 0) is 79.4 Å². The smallest absolute Gasteiger partial charge is 0.335 e. The fraction of sp³-hybridized carbons (Fsp3) is 0.174. The van der Waals surface area contributed by atoms with E-state index in [4.69, 9.17) is 0 Å². The summed E-state index contributed by atoms with van der Waals surface area (Å²) in [6, 6.07) is 15.8. The molecule has 0 saturated carbocycles. The second kappa shape index (κ2) is 8.28. The van der Waals surface area contributed by atoms with E-state index in [1.54, 1.807) is 57.2 Å². The number of rotatable bonds is 6. The van der Waals surface area contributed by atoms with Gasteiger partial charge in [0.05, 0.1) is 16.1 Å². The maximum absolute atomic E-state index is 13.5. The Balaban J connectivity index is 1.98. The van der Waals surface area contributed by atoms with Crippen molar-refractivity contribution in [2.24, 2.45) is 0 Å². The van der Waals surface area contributed by atoms with Gasteiger partial charge in [0.1, 0.15) is 5.82 Å². The molecule has 0 atom stereocenters. The van der Waals surface area contributed by atoms with E-state index in [0.29, 0.717) is 16.8 Å². The standard InChI is InChI=1S/C23H22FNO4S/c1-4-25(30(28,29)20-11-5-15(2)21(14-20)23(26)27)19-9-6-17(7-10-19)18-8-12-22(24)16(3)13-18/h5-14H,4H2,1-3H3,(H,26,27). The SMILES string of the molecule is CCN(c1ccc(-c2ccc(F)c(C)c2)cc1)S(=O)(=O)c1ccc(C)c(C(=O)O)c1. The van der Waals surface area contributed by atoms with Crippen molar-refractivity contribution in [3.8, 4) is 11.1 Å². The molecule has 0 fully saturated rings. The lowest BCUT2D eigenvalue weighted by Gasteiger charge is -2.23. The molecule has 0 radical (unpaired) electrons. The number of nitrogens with zero attached hydrogens (tertiary/aromatic N) is 1. The largest absolute Gasteiger partial charge is 0.478 e. The van der Waals surface area contributed by atoms with Crippen molar-refractivity contribution in [3.05, 3.63) is 83.2 Å². The Labute approximate surface area is 175 Å². The lowest BCUT2D eigenvalue weighted by Crippen LogP contribution is -2.31. The minimum atomic E-state index is -3.95. The first-order valence-corrected chi connectivity index (χ1v) is 10.8. The first-order valence-electron chi connectivity index (χ1n) is 9.38. The number of halogens is 1. The van der Waals surface area contributed by atoms with Gasteiger partial charge in [-0.3, -0.25) is 4.31 Å². The number of carboxylic acid groups (broad SMARTS) is 1. The predicted octanol–water partition coefficient (Wildman–Crippen LogP) is 5.02. The highest BCUT2D eigenvalue weighted by atomic mass is 32.2. The molecular weight excluding hydrogens is 405 g/mol. The van der Waals surface area contributed by atoms with Gasteiger partial charge in [-0.1, -0.05) is 24.3 Å². The lowest BCUT2D eigenvalue weighted by molar-refractivity contribution is 0.0696. The van der Waals surface area contributed by atoms with Gasteiger partial charge in [-0.25, -0.2) is 17.6 Å². The number of hydrogen-bond donors (Lipinski definition) is 1. The number of aromatic carboxylic acids is 1. The second-order valence-electron chi connectivity index (χ2n) is 6.96. The monoisotopic (exact) mass is 427 g/mol. The molecule has 30 heavy (non-hydrogen) atoms. The minimum Gasteiger partial charge on any atom is -0.478 e. The Morgan fingerprint density at radius 3 is 2.13 bits per heavy atom. The molecule has 3 rings (SSSR count). The zero-order valence-corrected chi connectivity index (χ0v) is 17.7. The summed E-state index contributed by atoms with van der Waals surface area (Å²) in [6.07, 6.45) is 0. The van der Waals surface area contributed by atoms with Gasteiger partial charge < -0.3 is 5.11 Å². The lowest BCUT2D eigenvalue weighted by atomic mass is 10.0. The van der Waals surface area contributed by atoms with Crippen molar-refractivity contribution in [1.82, 2.24) is 0 Å². The molecule has 0 aromatic heterocycles. The Hall–Kier alpha value is -3.19. The average Bonchev–Trinajstić information content (AvgIpc) is 2.71. The molecule has 0 spiro atoms. The van der Waals surface area contributed by atoms with Gasteiger partial charge in [0.2, 0.25) is 0 Å². The molecule has 5 nitrogen and oxygen atoms in total. The third-order valence-corrected chi connectivity index (χ3v) is 6.86. The third kappa shape index (κ3) is 4.07. The first-order chi connectivity index (χ1) is 14.1. The van der Waals surface area contributed by atoms with Gasteiger partial charge >= 0.3 is 5.97 Å². The van der Waals surface area contributed by atoms with Crippen molar-refractivity contribution in [3.63, 3.8) is 0 Å². The van der Waals surface area contributed by atoms with Crippen LogP contribution in [0.15, 0.2) is 65.6 Å². The summed E-state index contributed by atoms with van der Waals surface area (Å²) in [7, 11) is -3.95. The summed E-state index contributed by atoms with van der Waals surface area (Å²) in [6.45, 7) is 5.19. The number of anilines is 1. The number of carboxylic acids is 1. The van der Waals surface area contributed by atoms with E-state index in [1.165, 1.54) is 28.6 Å². The molecular formula is C23H22FNO4S. The minimum absolute atomic E-state index is 0.0471. The van der Waals surface area contributed by atoms with Crippen molar-refractivity contribution in [1.29, 1.82) is 0 Å². The predicted molar refractivity (Wildman–Crippen MR) is 115 cm³/mol. The van der Waals surface area contributed by atoms with Crippen LogP contribution in [0.3, 0.4) is 0 Å². The fourth-order valence-electron chi connectivity index (χ4n) is 3.25. The van der Waals surface area contributed by atoms with Crippen LogP contribution in [0.25, 0.3) is 11.1 Å². The highest BCUT2D eigenvalue weighted by Gasteiger charge is 2.25. The normalized spacial score (nSPS) is 11.3. The summed E-state index contributed by atoms with van der Waals surface area (Å²) in [5, 5.41) is 9.31.